The van der Waals surface area contributed by atoms with E-state index in [4.69, 9.17) is 0 Å². The normalized spacial score (nSPS) is 20.6. The summed E-state index contributed by atoms with van der Waals surface area (Å²) < 4.78 is 0. The van der Waals surface area contributed by atoms with Crippen molar-refractivity contribution >= 4 is 0 Å². The minimum absolute atomic E-state index is 0.747. The minimum Gasteiger partial charge on any atom is -0.317 e. The topological polar surface area (TPSA) is 15.3 Å². The minimum atomic E-state index is 0.747. The monoisotopic (exact) mass is 226 g/mol. The molecule has 1 aliphatic rings. The largest absolute Gasteiger partial charge is 0.317 e. The molecule has 1 rings (SSSR count). The second-order valence-electron chi connectivity index (χ2n) is 5.95. The highest BCUT2D eigenvalue weighted by atomic mass is 15.1. The van der Waals surface area contributed by atoms with Crippen molar-refractivity contribution in [2.45, 2.75) is 52.5 Å². The van der Waals surface area contributed by atoms with Gasteiger partial charge in [-0.1, -0.05) is 13.8 Å². The SMILES string of the molecule is CC(C)CCC(C)N(C)CC1CCNCC1. The number of rotatable bonds is 6. The van der Waals surface area contributed by atoms with Crippen LogP contribution in [-0.4, -0.2) is 37.6 Å². The van der Waals surface area contributed by atoms with Crippen LogP contribution < -0.4 is 5.32 Å². The van der Waals surface area contributed by atoms with Crippen LogP contribution in [0.15, 0.2) is 0 Å². The zero-order chi connectivity index (χ0) is 12.0. The van der Waals surface area contributed by atoms with Gasteiger partial charge in [0.25, 0.3) is 0 Å². The van der Waals surface area contributed by atoms with Crippen LogP contribution in [-0.2, 0) is 0 Å². The van der Waals surface area contributed by atoms with E-state index < -0.39 is 0 Å². The van der Waals surface area contributed by atoms with E-state index in [1.165, 1.54) is 45.3 Å². The fraction of sp³-hybridized carbons (Fsp3) is 1.00. The number of nitrogens with one attached hydrogen (secondary N) is 1. The highest BCUT2D eigenvalue weighted by Gasteiger charge is 2.17. The highest BCUT2D eigenvalue weighted by molar-refractivity contribution is 4.73. The van der Waals surface area contributed by atoms with Gasteiger partial charge in [0.15, 0.2) is 0 Å². The van der Waals surface area contributed by atoms with E-state index in [1.807, 2.05) is 0 Å². The van der Waals surface area contributed by atoms with Gasteiger partial charge in [-0.25, -0.2) is 0 Å². The van der Waals surface area contributed by atoms with Crippen LogP contribution in [0.25, 0.3) is 0 Å². The van der Waals surface area contributed by atoms with E-state index in [1.54, 1.807) is 0 Å². The molecule has 0 aliphatic carbocycles. The van der Waals surface area contributed by atoms with Crippen molar-refractivity contribution in [2.24, 2.45) is 11.8 Å². The van der Waals surface area contributed by atoms with Gasteiger partial charge in [0.05, 0.1) is 0 Å². The van der Waals surface area contributed by atoms with Gasteiger partial charge in [-0.05, 0) is 64.6 Å². The fourth-order valence-electron chi connectivity index (χ4n) is 2.45. The molecule has 0 aromatic carbocycles. The van der Waals surface area contributed by atoms with E-state index in [9.17, 15) is 0 Å². The molecule has 0 spiro atoms. The van der Waals surface area contributed by atoms with Crippen LogP contribution in [0.3, 0.4) is 0 Å². The quantitative estimate of drug-likeness (QED) is 0.749. The summed E-state index contributed by atoms with van der Waals surface area (Å²) in [6.07, 6.45) is 5.43. The van der Waals surface area contributed by atoms with Crippen LogP contribution >= 0.6 is 0 Å². The molecular formula is C14H30N2. The molecule has 1 aliphatic heterocycles. The van der Waals surface area contributed by atoms with Crippen molar-refractivity contribution in [3.05, 3.63) is 0 Å². The maximum Gasteiger partial charge on any atom is 0.00640 e. The molecule has 16 heavy (non-hydrogen) atoms. The first-order valence-electron chi connectivity index (χ1n) is 7.00. The molecule has 0 amide bonds. The van der Waals surface area contributed by atoms with Crippen LogP contribution in [0.1, 0.15) is 46.5 Å². The lowest BCUT2D eigenvalue weighted by Crippen LogP contribution is -2.38. The molecule has 0 aromatic heterocycles. The van der Waals surface area contributed by atoms with Crippen molar-refractivity contribution in [3.63, 3.8) is 0 Å². The van der Waals surface area contributed by atoms with Gasteiger partial charge in [0, 0.05) is 12.6 Å². The second kappa shape index (κ2) is 7.29. The molecule has 2 nitrogen and oxygen atoms in total. The zero-order valence-corrected chi connectivity index (χ0v) is 11.6. The Kier molecular flexibility index (Phi) is 6.37. The average Bonchev–Trinajstić information content (AvgIpc) is 2.27. The lowest BCUT2D eigenvalue weighted by Gasteiger charge is -2.31. The Morgan fingerprint density at radius 2 is 1.75 bits per heavy atom. The maximum absolute atomic E-state index is 3.44. The van der Waals surface area contributed by atoms with Crippen LogP contribution in [0, 0.1) is 11.8 Å². The second-order valence-corrected chi connectivity index (χ2v) is 5.95. The molecule has 1 atom stereocenters. The summed E-state index contributed by atoms with van der Waals surface area (Å²) >= 11 is 0. The van der Waals surface area contributed by atoms with Gasteiger partial charge in [-0.2, -0.15) is 0 Å². The Hall–Kier alpha value is -0.0800. The van der Waals surface area contributed by atoms with Crippen LogP contribution in [0.5, 0.6) is 0 Å². The Balaban J connectivity index is 2.19. The Morgan fingerprint density at radius 1 is 1.12 bits per heavy atom. The lowest BCUT2D eigenvalue weighted by atomic mass is 9.96. The molecule has 96 valence electrons. The van der Waals surface area contributed by atoms with Gasteiger partial charge in [-0.15, -0.1) is 0 Å². The van der Waals surface area contributed by atoms with E-state index in [-0.39, 0.29) is 0 Å². The van der Waals surface area contributed by atoms with Crippen molar-refractivity contribution in [1.29, 1.82) is 0 Å². The third-order valence-corrected chi connectivity index (χ3v) is 3.92. The Morgan fingerprint density at radius 3 is 2.31 bits per heavy atom. The summed E-state index contributed by atoms with van der Waals surface area (Å²) in [6.45, 7) is 10.8. The third kappa shape index (κ3) is 5.31. The maximum atomic E-state index is 3.44. The molecule has 1 saturated heterocycles. The first-order chi connectivity index (χ1) is 7.59. The van der Waals surface area contributed by atoms with E-state index >= 15 is 0 Å². The van der Waals surface area contributed by atoms with E-state index in [0.717, 1.165) is 17.9 Å². The molecule has 0 bridgehead atoms. The van der Waals surface area contributed by atoms with Gasteiger partial charge in [-0.3, -0.25) is 0 Å². The molecule has 1 heterocycles. The number of nitrogens with zero attached hydrogens (tertiary/aromatic N) is 1. The first kappa shape index (κ1) is 14.0. The molecule has 0 aromatic rings. The van der Waals surface area contributed by atoms with Crippen molar-refractivity contribution < 1.29 is 0 Å². The Labute approximate surface area is 102 Å². The van der Waals surface area contributed by atoms with Gasteiger partial charge < -0.3 is 10.2 Å². The molecule has 1 N–H and O–H groups in total. The summed E-state index contributed by atoms with van der Waals surface area (Å²) in [7, 11) is 2.30. The van der Waals surface area contributed by atoms with Crippen molar-refractivity contribution in [2.75, 3.05) is 26.7 Å². The van der Waals surface area contributed by atoms with E-state index in [0.29, 0.717) is 0 Å². The molecular weight excluding hydrogens is 196 g/mol. The zero-order valence-electron chi connectivity index (χ0n) is 11.6. The third-order valence-electron chi connectivity index (χ3n) is 3.92. The molecule has 1 unspecified atom stereocenters. The summed E-state index contributed by atoms with van der Waals surface area (Å²) in [5.41, 5.74) is 0. The van der Waals surface area contributed by atoms with Crippen molar-refractivity contribution in [3.8, 4) is 0 Å². The Bertz CT molecular complexity index is 174. The standard InChI is InChI=1S/C14H30N2/c1-12(2)5-6-13(3)16(4)11-14-7-9-15-10-8-14/h12-15H,5-11H2,1-4H3. The fourth-order valence-corrected chi connectivity index (χ4v) is 2.45. The summed E-state index contributed by atoms with van der Waals surface area (Å²) in [6, 6.07) is 0.747. The number of hydrogen-bond acceptors (Lipinski definition) is 2. The van der Waals surface area contributed by atoms with Gasteiger partial charge in [0.1, 0.15) is 0 Å². The van der Waals surface area contributed by atoms with E-state index in [2.05, 4.69) is 38.0 Å². The van der Waals surface area contributed by atoms with Gasteiger partial charge >= 0.3 is 0 Å². The van der Waals surface area contributed by atoms with Crippen LogP contribution in [0.4, 0.5) is 0 Å². The summed E-state index contributed by atoms with van der Waals surface area (Å²) in [5.74, 6) is 1.77. The highest BCUT2D eigenvalue weighted by Crippen LogP contribution is 2.16. The van der Waals surface area contributed by atoms with Crippen LogP contribution in [0.2, 0.25) is 0 Å². The number of piperidine rings is 1. The number of hydrogen-bond donors (Lipinski definition) is 1. The average molecular weight is 226 g/mol. The molecule has 2 heteroatoms. The first-order valence-corrected chi connectivity index (χ1v) is 7.00. The predicted molar refractivity (Wildman–Crippen MR) is 71.8 cm³/mol. The summed E-state index contributed by atoms with van der Waals surface area (Å²) in [5, 5.41) is 3.44. The molecule has 1 fully saturated rings. The van der Waals surface area contributed by atoms with Gasteiger partial charge in [0.2, 0.25) is 0 Å². The predicted octanol–water partition coefficient (Wildman–Crippen LogP) is 2.74. The lowest BCUT2D eigenvalue weighted by molar-refractivity contribution is 0.183. The smallest absolute Gasteiger partial charge is 0.00640 e. The molecule has 0 saturated carbocycles. The molecule has 0 radical (unpaired) electrons. The summed E-state index contributed by atoms with van der Waals surface area (Å²) in [4.78, 5) is 2.57. The van der Waals surface area contributed by atoms with Crippen molar-refractivity contribution in [1.82, 2.24) is 10.2 Å².